The van der Waals surface area contributed by atoms with E-state index in [1.165, 1.54) is 70.4 Å². The van der Waals surface area contributed by atoms with Crippen molar-refractivity contribution in [3.8, 4) is 11.1 Å². The second-order valence-electron chi connectivity index (χ2n) is 14.6. The highest BCUT2D eigenvalue weighted by atomic mass is 32.1. The van der Waals surface area contributed by atoms with E-state index >= 15 is 0 Å². The number of aliphatic imine (C=N–C) groups is 1. The summed E-state index contributed by atoms with van der Waals surface area (Å²) in [5.41, 5.74) is 12.1. The minimum atomic E-state index is -0.451. The van der Waals surface area contributed by atoms with Gasteiger partial charge in [-0.1, -0.05) is 182 Å². The predicted molar refractivity (Wildman–Crippen MR) is 227 cm³/mol. The number of hydrogen-bond donors (Lipinski definition) is 1. The molecular weight excluding hydrogens is 673 g/mol. The van der Waals surface area contributed by atoms with Crippen LogP contribution >= 0.6 is 11.3 Å². The predicted octanol–water partition coefficient (Wildman–Crippen LogP) is 12.6. The fourth-order valence-corrected chi connectivity index (χ4v) is 10.8. The Bertz CT molecular complexity index is 2760. The van der Waals surface area contributed by atoms with Gasteiger partial charge in [0.25, 0.3) is 0 Å². The summed E-state index contributed by atoms with van der Waals surface area (Å²) in [5, 5.41) is 7.77. The van der Waals surface area contributed by atoms with Crippen molar-refractivity contribution in [2.24, 2.45) is 10.9 Å². The quantitative estimate of drug-likeness (QED) is 0.189. The molecule has 3 aliphatic rings. The zero-order valence-electron chi connectivity index (χ0n) is 29.6. The van der Waals surface area contributed by atoms with Gasteiger partial charge in [0.2, 0.25) is 0 Å². The van der Waals surface area contributed by atoms with Crippen LogP contribution in [0.5, 0.6) is 0 Å². The number of benzene rings is 7. The van der Waals surface area contributed by atoms with Crippen LogP contribution in [0.25, 0.3) is 32.0 Å². The molecule has 2 aliphatic carbocycles. The lowest BCUT2D eigenvalue weighted by molar-refractivity contribution is 0.452. The molecule has 2 nitrogen and oxygen atoms in total. The molecule has 256 valence electrons. The van der Waals surface area contributed by atoms with E-state index in [1.807, 2.05) is 11.3 Å². The van der Waals surface area contributed by atoms with Crippen LogP contribution in [-0.2, 0) is 5.41 Å². The summed E-state index contributed by atoms with van der Waals surface area (Å²) in [4.78, 5) is 6.78. The Morgan fingerprint density at radius 1 is 0.593 bits per heavy atom. The van der Waals surface area contributed by atoms with Crippen molar-refractivity contribution in [3.05, 3.63) is 232 Å². The van der Waals surface area contributed by atoms with Crippen molar-refractivity contribution in [2.75, 3.05) is 5.32 Å². The molecule has 54 heavy (non-hydrogen) atoms. The summed E-state index contributed by atoms with van der Waals surface area (Å²) in [6.07, 6.45) is 7.19. The summed E-state index contributed by atoms with van der Waals surface area (Å²) in [6, 6.07) is 64.4. The topological polar surface area (TPSA) is 24.4 Å². The lowest BCUT2D eigenvalue weighted by Gasteiger charge is -2.40. The third-order valence-corrected chi connectivity index (χ3v) is 13.0. The maximum Gasteiger partial charge on any atom is 0.145 e. The minimum Gasteiger partial charge on any atom is -0.358 e. The first-order chi connectivity index (χ1) is 26.8. The molecule has 11 rings (SSSR count). The van der Waals surface area contributed by atoms with Gasteiger partial charge in [0, 0.05) is 27.5 Å². The smallest absolute Gasteiger partial charge is 0.145 e. The van der Waals surface area contributed by atoms with Crippen molar-refractivity contribution in [1.29, 1.82) is 0 Å². The number of nitrogens with one attached hydrogen (secondary N) is 1. The van der Waals surface area contributed by atoms with Crippen LogP contribution in [0, 0.1) is 5.92 Å². The molecular formula is C51H36N2S. The van der Waals surface area contributed by atoms with E-state index < -0.39 is 5.41 Å². The van der Waals surface area contributed by atoms with Crippen LogP contribution in [0.1, 0.15) is 38.6 Å². The monoisotopic (exact) mass is 708 g/mol. The largest absolute Gasteiger partial charge is 0.358 e. The molecule has 0 radical (unpaired) electrons. The fraction of sp³-hybridized carbons (Fsp3) is 0.0784. The summed E-state index contributed by atoms with van der Waals surface area (Å²) in [5.74, 6) is 0.233. The molecule has 1 aromatic heterocycles. The van der Waals surface area contributed by atoms with E-state index in [0.29, 0.717) is 0 Å². The molecule has 7 aromatic carbocycles. The van der Waals surface area contributed by atoms with Gasteiger partial charge in [-0.15, -0.1) is 11.3 Å². The molecule has 1 N–H and O–H groups in total. The summed E-state index contributed by atoms with van der Waals surface area (Å²) in [7, 11) is 0. The second-order valence-corrected chi connectivity index (χ2v) is 15.7. The number of thiophene rings is 1. The van der Waals surface area contributed by atoms with Gasteiger partial charge in [-0.2, -0.15) is 0 Å². The van der Waals surface area contributed by atoms with Crippen molar-refractivity contribution < 1.29 is 0 Å². The number of allylic oxidation sites excluding steroid dienone is 2. The SMILES string of the molecule is C1=CC2c3c(cc4ccccc4c3-c3ccccc3)C(c3ccccc3)(c3ccccc3)C2C=C1C1N=C(c2ccccc2)c2sc3ccccc3c2N1. The average molecular weight is 709 g/mol. The molecule has 3 atom stereocenters. The van der Waals surface area contributed by atoms with Gasteiger partial charge >= 0.3 is 0 Å². The molecule has 0 saturated carbocycles. The zero-order valence-corrected chi connectivity index (χ0v) is 30.4. The van der Waals surface area contributed by atoms with Crippen LogP contribution in [0.2, 0.25) is 0 Å². The maximum atomic E-state index is 5.58. The number of nitrogens with zero attached hydrogens (tertiary/aromatic N) is 1. The third kappa shape index (κ3) is 4.61. The second kappa shape index (κ2) is 12.4. The number of anilines is 1. The van der Waals surface area contributed by atoms with Gasteiger partial charge in [0.05, 0.1) is 21.7 Å². The molecule has 2 heterocycles. The number of hydrogen-bond acceptors (Lipinski definition) is 3. The van der Waals surface area contributed by atoms with Crippen LogP contribution in [-0.4, -0.2) is 11.9 Å². The van der Waals surface area contributed by atoms with Crippen LogP contribution in [0.4, 0.5) is 5.69 Å². The molecule has 3 heteroatoms. The summed E-state index contributed by atoms with van der Waals surface area (Å²) >= 11 is 1.82. The highest BCUT2D eigenvalue weighted by molar-refractivity contribution is 7.22. The average Bonchev–Trinajstić information content (AvgIpc) is 3.77. The van der Waals surface area contributed by atoms with Crippen LogP contribution < -0.4 is 5.32 Å². The molecule has 8 aromatic rings. The van der Waals surface area contributed by atoms with E-state index in [9.17, 15) is 0 Å². The molecule has 0 fully saturated rings. The van der Waals surface area contributed by atoms with E-state index in [0.717, 1.165) is 11.3 Å². The van der Waals surface area contributed by atoms with Gasteiger partial charge in [-0.05, 0) is 61.9 Å². The van der Waals surface area contributed by atoms with Crippen LogP contribution in [0.3, 0.4) is 0 Å². The van der Waals surface area contributed by atoms with E-state index in [-0.39, 0.29) is 18.0 Å². The lowest BCUT2D eigenvalue weighted by atomic mass is 9.62. The fourth-order valence-electron chi connectivity index (χ4n) is 9.62. The Kier molecular flexibility index (Phi) is 7.18. The molecule has 1 aliphatic heterocycles. The molecule has 0 bridgehead atoms. The Hall–Kier alpha value is -6.29. The van der Waals surface area contributed by atoms with E-state index in [2.05, 4.69) is 199 Å². The van der Waals surface area contributed by atoms with Gasteiger partial charge in [0.15, 0.2) is 0 Å². The third-order valence-electron chi connectivity index (χ3n) is 11.8. The standard InChI is InChI=1S/C51H36N2S/c1-5-17-33(18-6-1)45-39-26-14-13-21-35(39)31-43-46(45)40-30-29-36(32-42(40)51(43,37-22-9-3-10-23-37)38-24-11-4-12-25-38)50-52-47(34-19-7-2-8-20-34)49-48(53-50)41-27-15-16-28-44(41)54-49/h1-32,40,42,50,53H. The van der Waals surface area contributed by atoms with Crippen molar-refractivity contribution in [3.63, 3.8) is 0 Å². The van der Waals surface area contributed by atoms with Gasteiger partial charge < -0.3 is 5.32 Å². The van der Waals surface area contributed by atoms with Gasteiger partial charge in [0.1, 0.15) is 6.17 Å². The summed E-state index contributed by atoms with van der Waals surface area (Å²) < 4.78 is 1.27. The number of fused-ring (bicyclic) bond motifs is 7. The first-order valence-electron chi connectivity index (χ1n) is 18.8. The summed E-state index contributed by atoms with van der Waals surface area (Å²) in [6.45, 7) is 0. The van der Waals surface area contributed by atoms with Gasteiger partial charge in [-0.25, -0.2) is 0 Å². The molecule has 0 amide bonds. The Labute approximate surface area is 319 Å². The van der Waals surface area contributed by atoms with Crippen molar-refractivity contribution in [1.82, 2.24) is 0 Å². The maximum absolute atomic E-state index is 5.58. The van der Waals surface area contributed by atoms with E-state index in [1.54, 1.807) is 0 Å². The zero-order chi connectivity index (χ0) is 35.6. The van der Waals surface area contributed by atoms with Crippen LogP contribution in [0.15, 0.2) is 205 Å². The minimum absolute atomic E-state index is 0.0920. The van der Waals surface area contributed by atoms with Gasteiger partial charge in [-0.3, -0.25) is 4.99 Å². The Balaban J connectivity index is 1.19. The van der Waals surface area contributed by atoms with Crippen molar-refractivity contribution >= 4 is 43.6 Å². The first-order valence-corrected chi connectivity index (χ1v) is 19.6. The first kappa shape index (κ1) is 31.3. The Morgan fingerprint density at radius 2 is 1.19 bits per heavy atom. The Morgan fingerprint density at radius 3 is 1.89 bits per heavy atom. The molecule has 0 spiro atoms. The highest BCUT2D eigenvalue weighted by Gasteiger charge is 2.54. The number of rotatable bonds is 5. The normalized spacial score (nSPS) is 19.4. The van der Waals surface area contributed by atoms with E-state index in [4.69, 9.17) is 4.99 Å². The lowest BCUT2D eigenvalue weighted by Crippen LogP contribution is -2.36. The molecule has 3 unspecified atom stereocenters. The molecule has 0 saturated heterocycles. The highest BCUT2D eigenvalue weighted by Crippen LogP contribution is 2.63. The van der Waals surface area contributed by atoms with Crippen molar-refractivity contribution in [2.45, 2.75) is 17.5 Å².